The van der Waals surface area contributed by atoms with Gasteiger partial charge in [0.2, 0.25) is 0 Å². The molecule has 0 aliphatic heterocycles. The normalized spacial score (nSPS) is 11.2. The monoisotopic (exact) mass is 428 g/mol. The summed E-state index contributed by atoms with van der Waals surface area (Å²) in [5, 5.41) is 4.65. The molecule has 1 heterocycles. The molecule has 0 unspecified atom stereocenters. The Morgan fingerprint density at radius 1 is 1.00 bits per heavy atom. The third-order valence-electron chi connectivity index (χ3n) is 3.42. The maximum atomic E-state index is 13.3. The topological polar surface area (TPSA) is 75.3 Å². The molecule has 0 fully saturated rings. The summed E-state index contributed by atoms with van der Waals surface area (Å²) in [5.74, 6) is -2.98. The SMILES string of the molecule is O=C(Nc1ccc(Cl)cc1)c1sccc1NS(=O)(=O)c1ccc(F)c(F)c1. The lowest BCUT2D eigenvalue weighted by Crippen LogP contribution is -2.17. The number of sulfonamides is 1. The standard InChI is InChI=1S/C17H11ClF2N2O3S2/c18-10-1-3-11(4-2-10)21-17(23)16-15(7-8-26-16)22-27(24,25)12-5-6-13(19)14(20)9-12/h1-9,22H,(H,21,23). The smallest absolute Gasteiger partial charge is 0.267 e. The van der Waals surface area contributed by atoms with Crippen molar-refractivity contribution < 1.29 is 22.0 Å². The van der Waals surface area contributed by atoms with Gasteiger partial charge in [-0.15, -0.1) is 11.3 Å². The quantitative estimate of drug-likeness (QED) is 0.616. The Balaban J connectivity index is 1.82. The van der Waals surface area contributed by atoms with Gasteiger partial charge in [-0.3, -0.25) is 9.52 Å². The van der Waals surface area contributed by atoms with E-state index in [1.165, 1.54) is 11.4 Å². The van der Waals surface area contributed by atoms with Gasteiger partial charge in [0.1, 0.15) is 4.88 Å². The number of thiophene rings is 1. The number of benzene rings is 2. The van der Waals surface area contributed by atoms with Crippen LogP contribution in [-0.2, 0) is 10.0 Å². The van der Waals surface area contributed by atoms with Crippen LogP contribution in [0, 0.1) is 11.6 Å². The highest BCUT2D eigenvalue weighted by molar-refractivity contribution is 7.92. The van der Waals surface area contributed by atoms with Gasteiger partial charge in [0.15, 0.2) is 11.6 Å². The van der Waals surface area contributed by atoms with Gasteiger partial charge in [0.05, 0.1) is 10.6 Å². The van der Waals surface area contributed by atoms with Crippen molar-refractivity contribution in [3.63, 3.8) is 0 Å². The van der Waals surface area contributed by atoms with Crippen molar-refractivity contribution in [3.8, 4) is 0 Å². The maximum absolute atomic E-state index is 13.3. The lowest BCUT2D eigenvalue weighted by molar-refractivity contribution is 0.103. The Morgan fingerprint density at radius 3 is 2.37 bits per heavy atom. The van der Waals surface area contributed by atoms with Gasteiger partial charge in [-0.05, 0) is 53.9 Å². The lowest BCUT2D eigenvalue weighted by atomic mass is 10.3. The summed E-state index contributed by atoms with van der Waals surface area (Å²) in [5.41, 5.74) is 0.503. The van der Waals surface area contributed by atoms with Crippen molar-refractivity contribution in [2.75, 3.05) is 10.0 Å². The number of hydrogen-bond donors (Lipinski definition) is 2. The summed E-state index contributed by atoms with van der Waals surface area (Å²) in [7, 11) is -4.20. The summed E-state index contributed by atoms with van der Waals surface area (Å²) in [4.78, 5) is 12.1. The van der Waals surface area contributed by atoms with Gasteiger partial charge in [0, 0.05) is 10.7 Å². The molecular weight excluding hydrogens is 418 g/mol. The first-order valence-corrected chi connectivity index (χ1v) is 10.1. The minimum Gasteiger partial charge on any atom is -0.321 e. The molecule has 2 N–H and O–H groups in total. The van der Waals surface area contributed by atoms with Crippen molar-refractivity contribution in [2.24, 2.45) is 0 Å². The Kier molecular flexibility index (Phi) is 5.45. The number of rotatable bonds is 5. The van der Waals surface area contributed by atoms with Crippen LogP contribution in [0.25, 0.3) is 0 Å². The van der Waals surface area contributed by atoms with Crippen LogP contribution in [0.2, 0.25) is 5.02 Å². The molecule has 0 spiro atoms. The van der Waals surface area contributed by atoms with Crippen LogP contribution >= 0.6 is 22.9 Å². The van der Waals surface area contributed by atoms with Gasteiger partial charge < -0.3 is 5.32 Å². The third kappa shape index (κ3) is 4.44. The fraction of sp³-hybridized carbons (Fsp3) is 0. The molecule has 0 saturated carbocycles. The molecular formula is C17H11ClF2N2O3S2. The van der Waals surface area contributed by atoms with E-state index >= 15 is 0 Å². The van der Waals surface area contributed by atoms with Crippen LogP contribution in [-0.4, -0.2) is 14.3 Å². The number of halogens is 3. The number of amides is 1. The average Bonchev–Trinajstić information content (AvgIpc) is 3.06. The van der Waals surface area contributed by atoms with Crippen molar-refractivity contribution in [3.05, 3.63) is 75.4 Å². The van der Waals surface area contributed by atoms with Crippen LogP contribution in [0.5, 0.6) is 0 Å². The fourth-order valence-electron chi connectivity index (χ4n) is 2.13. The van der Waals surface area contributed by atoms with E-state index in [2.05, 4.69) is 10.0 Å². The molecule has 1 amide bonds. The molecule has 0 aliphatic carbocycles. The summed E-state index contributed by atoms with van der Waals surface area (Å²) in [6, 6.07) is 10.00. The summed E-state index contributed by atoms with van der Waals surface area (Å²) in [6.45, 7) is 0. The zero-order valence-corrected chi connectivity index (χ0v) is 15.8. The predicted molar refractivity (Wildman–Crippen MR) is 101 cm³/mol. The van der Waals surface area contributed by atoms with Crippen LogP contribution in [0.1, 0.15) is 9.67 Å². The van der Waals surface area contributed by atoms with Crippen molar-refractivity contribution in [2.45, 2.75) is 4.90 Å². The number of hydrogen-bond acceptors (Lipinski definition) is 4. The van der Waals surface area contributed by atoms with Crippen molar-refractivity contribution >= 4 is 50.2 Å². The molecule has 27 heavy (non-hydrogen) atoms. The minimum atomic E-state index is -4.20. The molecule has 1 aromatic heterocycles. The average molecular weight is 429 g/mol. The first-order valence-electron chi connectivity index (χ1n) is 7.38. The second-order valence-electron chi connectivity index (χ2n) is 5.31. The van der Waals surface area contributed by atoms with E-state index in [1.54, 1.807) is 24.3 Å². The maximum Gasteiger partial charge on any atom is 0.267 e. The van der Waals surface area contributed by atoms with Crippen LogP contribution in [0.3, 0.4) is 0 Å². The first kappa shape index (κ1) is 19.3. The van der Waals surface area contributed by atoms with E-state index in [1.807, 2.05) is 0 Å². The van der Waals surface area contributed by atoms with Gasteiger partial charge >= 0.3 is 0 Å². The van der Waals surface area contributed by atoms with E-state index in [4.69, 9.17) is 11.6 Å². The van der Waals surface area contributed by atoms with Gasteiger partial charge in [-0.25, -0.2) is 17.2 Å². The van der Waals surface area contributed by atoms with Crippen molar-refractivity contribution in [1.82, 2.24) is 0 Å². The molecule has 140 valence electrons. The van der Waals surface area contributed by atoms with E-state index in [0.29, 0.717) is 22.8 Å². The fourth-order valence-corrected chi connectivity index (χ4v) is 4.15. The molecule has 3 aromatic rings. The lowest BCUT2D eigenvalue weighted by Gasteiger charge is -2.10. The van der Waals surface area contributed by atoms with Gasteiger partial charge in [-0.2, -0.15) is 0 Å². The number of anilines is 2. The van der Waals surface area contributed by atoms with Crippen LogP contribution in [0.15, 0.2) is 58.8 Å². The predicted octanol–water partition coefficient (Wildman–Crippen LogP) is 4.73. The Bertz CT molecular complexity index is 1100. The van der Waals surface area contributed by atoms with E-state index < -0.39 is 32.5 Å². The van der Waals surface area contributed by atoms with Gasteiger partial charge in [0.25, 0.3) is 15.9 Å². The second-order valence-corrected chi connectivity index (χ2v) is 8.34. The molecule has 0 bridgehead atoms. The highest BCUT2D eigenvalue weighted by atomic mass is 35.5. The van der Waals surface area contributed by atoms with E-state index in [0.717, 1.165) is 17.4 Å². The number of nitrogens with one attached hydrogen (secondary N) is 2. The molecule has 3 rings (SSSR count). The van der Waals surface area contributed by atoms with Crippen LogP contribution in [0.4, 0.5) is 20.2 Å². The van der Waals surface area contributed by atoms with E-state index in [-0.39, 0.29) is 10.6 Å². The summed E-state index contributed by atoms with van der Waals surface area (Å²) < 4.78 is 53.3. The summed E-state index contributed by atoms with van der Waals surface area (Å²) in [6.07, 6.45) is 0. The zero-order chi connectivity index (χ0) is 19.6. The molecule has 2 aromatic carbocycles. The second kappa shape index (κ2) is 7.63. The highest BCUT2D eigenvalue weighted by Crippen LogP contribution is 2.27. The Labute approximate surface area is 162 Å². The number of carbonyl (C=O) groups excluding carboxylic acids is 1. The number of carbonyl (C=O) groups is 1. The first-order chi connectivity index (χ1) is 12.8. The minimum absolute atomic E-state index is 0.0243. The largest absolute Gasteiger partial charge is 0.321 e. The van der Waals surface area contributed by atoms with E-state index in [9.17, 15) is 22.0 Å². The molecule has 0 radical (unpaired) electrons. The van der Waals surface area contributed by atoms with Crippen LogP contribution < -0.4 is 10.0 Å². The molecule has 5 nitrogen and oxygen atoms in total. The Morgan fingerprint density at radius 2 is 1.70 bits per heavy atom. The molecule has 0 atom stereocenters. The van der Waals surface area contributed by atoms with Gasteiger partial charge in [-0.1, -0.05) is 11.6 Å². The third-order valence-corrected chi connectivity index (χ3v) is 5.95. The molecule has 0 aliphatic rings. The molecule has 10 heteroatoms. The highest BCUT2D eigenvalue weighted by Gasteiger charge is 2.21. The molecule has 0 saturated heterocycles. The zero-order valence-electron chi connectivity index (χ0n) is 13.4. The Hall–Kier alpha value is -2.49. The summed E-state index contributed by atoms with van der Waals surface area (Å²) >= 11 is 6.81. The van der Waals surface area contributed by atoms with Crippen molar-refractivity contribution in [1.29, 1.82) is 0 Å².